The van der Waals surface area contributed by atoms with Gasteiger partial charge >= 0.3 is 6.03 Å². The zero-order valence-corrected chi connectivity index (χ0v) is 17.2. The Bertz CT molecular complexity index is 1330. The molecule has 2 aromatic heterocycles. The highest BCUT2D eigenvalue weighted by Crippen LogP contribution is 2.34. The number of amides is 4. The minimum absolute atomic E-state index is 0.116. The summed E-state index contributed by atoms with van der Waals surface area (Å²) in [6.45, 7) is 1.50. The van der Waals surface area contributed by atoms with Crippen molar-refractivity contribution in [2.45, 2.75) is 19.0 Å². The van der Waals surface area contributed by atoms with Gasteiger partial charge in [0.15, 0.2) is 16.9 Å². The molecule has 2 N–H and O–H groups in total. The van der Waals surface area contributed by atoms with E-state index in [9.17, 15) is 19.2 Å². The van der Waals surface area contributed by atoms with Crippen LogP contribution >= 0.6 is 0 Å². The molecule has 162 valence electrons. The number of nitrogens with one attached hydrogen (secondary N) is 2. The van der Waals surface area contributed by atoms with E-state index in [0.717, 1.165) is 5.56 Å². The second-order valence-corrected chi connectivity index (χ2v) is 7.74. The van der Waals surface area contributed by atoms with Gasteiger partial charge in [0.2, 0.25) is 0 Å². The van der Waals surface area contributed by atoms with Gasteiger partial charge in [0.1, 0.15) is 22.7 Å². The fraction of sp³-hybridized carbons (Fsp3) is 0.227. The second kappa shape index (κ2) is 6.91. The summed E-state index contributed by atoms with van der Waals surface area (Å²) in [5, 5.41) is 4.85. The average molecular weight is 434 g/mol. The molecule has 0 radical (unpaired) electrons. The summed E-state index contributed by atoms with van der Waals surface area (Å²) in [7, 11) is 1.51. The first-order valence-electron chi connectivity index (χ1n) is 9.82. The van der Waals surface area contributed by atoms with Crippen LogP contribution in [-0.2, 0) is 16.9 Å². The molecule has 0 unspecified atom stereocenters. The fourth-order valence-corrected chi connectivity index (χ4v) is 4.07. The number of carbonyl (C=O) groups is 4. The van der Waals surface area contributed by atoms with Crippen LogP contribution in [0.3, 0.4) is 0 Å². The number of aromatic nitrogens is 1. The maximum Gasteiger partial charge on any atom is 0.322 e. The van der Waals surface area contributed by atoms with Gasteiger partial charge < -0.3 is 19.4 Å². The van der Waals surface area contributed by atoms with Crippen LogP contribution in [0.5, 0.6) is 5.75 Å². The number of hydrogen-bond donors (Lipinski definition) is 2. The molecule has 2 aliphatic rings. The zero-order valence-electron chi connectivity index (χ0n) is 17.2. The lowest BCUT2D eigenvalue weighted by Crippen LogP contribution is -2.52. The highest BCUT2D eigenvalue weighted by molar-refractivity contribution is 6.08. The molecule has 32 heavy (non-hydrogen) atoms. The van der Waals surface area contributed by atoms with Gasteiger partial charge in [-0.2, -0.15) is 0 Å². The molecule has 2 aliphatic heterocycles. The van der Waals surface area contributed by atoms with Gasteiger partial charge in [-0.05, 0) is 29.8 Å². The van der Waals surface area contributed by atoms with Gasteiger partial charge in [0, 0.05) is 25.1 Å². The lowest BCUT2D eigenvalue weighted by molar-refractivity contribution is -0.125. The van der Waals surface area contributed by atoms with Crippen molar-refractivity contribution in [2.24, 2.45) is 0 Å². The van der Waals surface area contributed by atoms with Crippen LogP contribution in [0.4, 0.5) is 4.79 Å². The second-order valence-electron chi connectivity index (χ2n) is 7.74. The Morgan fingerprint density at radius 1 is 1.22 bits per heavy atom. The average Bonchev–Trinajstić information content (AvgIpc) is 3.41. The lowest BCUT2D eigenvalue weighted by atomic mass is 9.95. The number of Topliss-reactive ketones (excluding diaryl/α,β-unsaturated/α-hetero) is 1. The Balaban J connectivity index is 1.55. The van der Waals surface area contributed by atoms with Crippen molar-refractivity contribution in [1.82, 2.24) is 20.5 Å². The third-order valence-electron chi connectivity index (χ3n) is 5.72. The van der Waals surface area contributed by atoms with Crippen molar-refractivity contribution < 1.29 is 28.3 Å². The first-order valence-corrected chi connectivity index (χ1v) is 9.82. The number of hydrogen-bond acceptors (Lipinski definition) is 7. The highest BCUT2D eigenvalue weighted by Gasteiger charge is 2.53. The third kappa shape index (κ3) is 2.91. The molecule has 3 aromatic rings. The van der Waals surface area contributed by atoms with E-state index >= 15 is 0 Å². The summed E-state index contributed by atoms with van der Waals surface area (Å²) >= 11 is 0. The van der Waals surface area contributed by atoms with Crippen LogP contribution in [0.2, 0.25) is 0 Å². The Labute approximate surface area is 181 Å². The predicted molar refractivity (Wildman–Crippen MR) is 110 cm³/mol. The largest absolute Gasteiger partial charge is 0.497 e. The Hall–Kier alpha value is -4.21. The third-order valence-corrected chi connectivity index (χ3v) is 5.72. The maximum atomic E-state index is 13.1. The van der Waals surface area contributed by atoms with Gasteiger partial charge in [-0.15, -0.1) is 0 Å². The molecule has 4 amide bonds. The predicted octanol–water partition coefficient (Wildman–Crippen LogP) is 1.73. The molecular formula is C22H18N4O6. The van der Waals surface area contributed by atoms with E-state index in [-0.39, 0.29) is 36.2 Å². The lowest BCUT2D eigenvalue weighted by Gasteiger charge is -2.28. The number of carbonyl (C=O) groups excluding carboxylic acids is 4. The van der Waals surface area contributed by atoms with E-state index in [2.05, 4.69) is 15.6 Å². The van der Waals surface area contributed by atoms with E-state index in [1.807, 2.05) is 0 Å². The van der Waals surface area contributed by atoms with E-state index < -0.39 is 17.5 Å². The molecule has 10 nitrogen and oxygen atoms in total. The number of nitrogens with zero attached hydrogens (tertiary/aromatic N) is 2. The van der Waals surface area contributed by atoms with Crippen molar-refractivity contribution in [3.63, 3.8) is 0 Å². The summed E-state index contributed by atoms with van der Waals surface area (Å²) in [6, 6.07) is 9.10. The molecule has 1 fully saturated rings. The summed E-state index contributed by atoms with van der Waals surface area (Å²) in [5.41, 5.74) is 0.573. The van der Waals surface area contributed by atoms with E-state index in [1.165, 1.54) is 31.1 Å². The summed E-state index contributed by atoms with van der Waals surface area (Å²) in [6.07, 6.45) is 0. The number of pyridine rings is 1. The van der Waals surface area contributed by atoms with Crippen LogP contribution in [0.25, 0.3) is 11.1 Å². The fourth-order valence-electron chi connectivity index (χ4n) is 4.07. The highest BCUT2D eigenvalue weighted by atomic mass is 16.5. The SMILES string of the molecule is COc1ccc2c(c1)C(=O)N(C[C@@]1(c3cc4nc(C(C)=O)ccc4o3)NC(=O)NC1=O)C2. The van der Waals surface area contributed by atoms with Gasteiger partial charge in [-0.3, -0.25) is 19.7 Å². The van der Waals surface area contributed by atoms with Crippen molar-refractivity contribution in [1.29, 1.82) is 0 Å². The molecular weight excluding hydrogens is 416 g/mol. The first-order chi connectivity index (χ1) is 15.3. The van der Waals surface area contributed by atoms with Gasteiger partial charge in [-0.25, -0.2) is 9.78 Å². The summed E-state index contributed by atoms with van der Waals surface area (Å²) in [4.78, 5) is 55.5. The Morgan fingerprint density at radius 3 is 2.72 bits per heavy atom. The number of benzene rings is 1. The van der Waals surface area contributed by atoms with Gasteiger partial charge in [0.25, 0.3) is 11.8 Å². The van der Waals surface area contributed by atoms with E-state index in [1.54, 1.807) is 24.3 Å². The topological polar surface area (TPSA) is 131 Å². The van der Waals surface area contributed by atoms with Crippen LogP contribution in [0, 0.1) is 0 Å². The number of ether oxygens (including phenoxy) is 1. The first kappa shape index (κ1) is 19.7. The molecule has 4 heterocycles. The van der Waals surface area contributed by atoms with Crippen molar-refractivity contribution in [2.75, 3.05) is 13.7 Å². The zero-order chi connectivity index (χ0) is 22.6. The maximum absolute atomic E-state index is 13.1. The van der Waals surface area contributed by atoms with Crippen LogP contribution < -0.4 is 15.4 Å². The standard InChI is InChI=1S/C22H18N4O6/c1-11(27)15-5-6-17-16(23-15)8-18(32-17)22(20(29)24-21(30)25-22)10-26-9-12-3-4-13(31-2)7-14(12)19(26)28/h3-8H,9-10H2,1-2H3,(H2,24,25,29,30)/t22-/m0/s1. The molecule has 10 heteroatoms. The Morgan fingerprint density at radius 2 is 2.03 bits per heavy atom. The molecule has 0 bridgehead atoms. The minimum Gasteiger partial charge on any atom is -0.497 e. The van der Waals surface area contributed by atoms with E-state index in [4.69, 9.17) is 9.15 Å². The number of furan rings is 1. The summed E-state index contributed by atoms with van der Waals surface area (Å²) in [5.74, 6) is -0.488. The molecule has 0 spiro atoms. The quantitative estimate of drug-likeness (QED) is 0.462. The van der Waals surface area contributed by atoms with E-state index in [0.29, 0.717) is 22.4 Å². The molecule has 0 aliphatic carbocycles. The minimum atomic E-state index is -1.64. The molecule has 1 atom stereocenters. The van der Waals surface area contributed by atoms with Crippen LogP contribution in [0.1, 0.15) is 39.1 Å². The number of urea groups is 1. The number of rotatable bonds is 5. The normalized spacial score (nSPS) is 19.8. The number of ketones is 1. The van der Waals surface area contributed by atoms with Gasteiger partial charge in [0.05, 0.1) is 13.7 Å². The molecule has 0 saturated carbocycles. The van der Waals surface area contributed by atoms with Crippen LogP contribution in [-0.4, -0.2) is 47.2 Å². The summed E-state index contributed by atoms with van der Waals surface area (Å²) < 4.78 is 11.1. The van der Waals surface area contributed by atoms with Crippen molar-refractivity contribution in [3.8, 4) is 5.75 Å². The molecule has 5 rings (SSSR count). The monoisotopic (exact) mass is 434 g/mol. The smallest absolute Gasteiger partial charge is 0.322 e. The van der Waals surface area contributed by atoms with Crippen molar-refractivity contribution >= 4 is 34.7 Å². The number of fused-ring (bicyclic) bond motifs is 2. The number of methoxy groups -OCH3 is 1. The molecule has 1 aromatic carbocycles. The van der Waals surface area contributed by atoms with Gasteiger partial charge in [-0.1, -0.05) is 6.07 Å². The van der Waals surface area contributed by atoms with Crippen molar-refractivity contribution in [3.05, 3.63) is 59.0 Å². The number of imide groups is 1. The Kier molecular flexibility index (Phi) is 4.26. The van der Waals surface area contributed by atoms with Crippen LogP contribution in [0.15, 0.2) is 40.8 Å². The molecule has 1 saturated heterocycles.